The van der Waals surface area contributed by atoms with Crippen LogP contribution >= 0.6 is 27.5 Å². The van der Waals surface area contributed by atoms with Crippen LogP contribution < -0.4 is 5.32 Å². The minimum Gasteiger partial charge on any atom is -0.383 e. The summed E-state index contributed by atoms with van der Waals surface area (Å²) in [6.45, 7) is 3.09. The van der Waals surface area contributed by atoms with Gasteiger partial charge < -0.3 is 5.32 Å². The summed E-state index contributed by atoms with van der Waals surface area (Å²) in [5, 5.41) is 4.16. The quantitative estimate of drug-likeness (QED) is 0.802. The number of hydrogen-bond donors (Lipinski definition) is 1. The second-order valence-electron chi connectivity index (χ2n) is 4.32. The first-order chi connectivity index (χ1) is 8.66. The molecule has 1 atom stereocenters. The second kappa shape index (κ2) is 6.26. The average molecular weight is 325 g/mol. The van der Waals surface area contributed by atoms with Gasteiger partial charge in [-0.1, -0.05) is 48.9 Å². The van der Waals surface area contributed by atoms with Crippen molar-refractivity contribution in [1.29, 1.82) is 0 Å². The molecule has 3 heteroatoms. The third kappa shape index (κ3) is 3.50. The molecule has 0 bridgehead atoms. The van der Waals surface area contributed by atoms with Gasteiger partial charge in [-0.05, 0) is 45.6 Å². The molecule has 0 aromatic heterocycles. The van der Waals surface area contributed by atoms with E-state index in [4.69, 9.17) is 11.6 Å². The van der Waals surface area contributed by atoms with Gasteiger partial charge in [0.05, 0.1) is 0 Å². The molecular weight excluding hydrogens is 310 g/mol. The molecule has 0 aliphatic heterocycles. The molecular formula is C15H15BrClN. The molecule has 0 saturated heterocycles. The van der Waals surface area contributed by atoms with E-state index in [2.05, 4.69) is 52.4 Å². The van der Waals surface area contributed by atoms with Gasteiger partial charge in [0.25, 0.3) is 0 Å². The van der Waals surface area contributed by atoms with E-state index in [0.29, 0.717) is 5.92 Å². The van der Waals surface area contributed by atoms with Crippen LogP contribution in [0.3, 0.4) is 0 Å². The minimum absolute atomic E-state index is 0.456. The first-order valence-electron chi connectivity index (χ1n) is 5.90. The van der Waals surface area contributed by atoms with E-state index in [1.165, 1.54) is 5.56 Å². The molecule has 2 aromatic rings. The smallest absolute Gasteiger partial charge is 0.0499 e. The van der Waals surface area contributed by atoms with E-state index in [1.54, 1.807) is 0 Å². The van der Waals surface area contributed by atoms with Gasteiger partial charge in [-0.25, -0.2) is 0 Å². The van der Waals surface area contributed by atoms with Crippen molar-refractivity contribution >= 4 is 33.2 Å². The van der Waals surface area contributed by atoms with Gasteiger partial charge in [-0.15, -0.1) is 0 Å². The van der Waals surface area contributed by atoms with Crippen molar-refractivity contribution < 1.29 is 0 Å². The summed E-state index contributed by atoms with van der Waals surface area (Å²) in [5.41, 5.74) is 2.37. The number of hydrogen-bond acceptors (Lipinski definition) is 1. The normalized spacial score (nSPS) is 12.2. The van der Waals surface area contributed by atoms with Gasteiger partial charge in [0.15, 0.2) is 0 Å². The zero-order valence-electron chi connectivity index (χ0n) is 10.2. The lowest BCUT2D eigenvalue weighted by molar-refractivity contribution is 0.804. The van der Waals surface area contributed by atoms with Gasteiger partial charge in [-0.3, -0.25) is 0 Å². The monoisotopic (exact) mass is 323 g/mol. The van der Waals surface area contributed by atoms with E-state index in [1.807, 2.05) is 24.3 Å². The molecule has 1 N–H and O–H groups in total. The maximum absolute atomic E-state index is 5.99. The molecule has 0 aliphatic carbocycles. The Hall–Kier alpha value is -0.990. The lowest BCUT2D eigenvalue weighted by atomic mass is 10.0. The predicted molar refractivity (Wildman–Crippen MR) is 82.5 cm³/mol. The van der Waals surface area contributed by atoms with Crippen LogP contribution in [-0.4, -0.2) is 6.54 Å². The molecule has 0 aliphatic rings. The van der Waals surface area contributed by atoms with Crippen LogP contribution in [0.4, 0.5) is 5.69 Å². The highest BCUT2D eigenvalue weighted by atomic mass is 79.9. The van der Waals surface area contributed by atoms with E-state index < -0.39 is 0 Å². The van der Waals surface area contributed by atoms with Crippen LogP contribution in [0.2, 0.25) is 5.02 Å². The van der Waals surface area contributed by atoms with Crippen LogP contribution in [0.15, 0.2) is 53.0 Å². The standard InChI is InChI=1S/C15H15BrClN/c1-11(12-5-3-2-4-6-12)10-18-15-9-13(17)7-8-14(15)16/h2-9,11,18H,10H2,1H3. The first kappa shape index (κ1) is 13.4. The Morgan fingerprint density at radius 1 is 1.17 bits per heavy atom. The topological polar surface area (TPSA) is 12.0 Å². The van der Waals surface area contributed by atoms with Crippen LogP contribution in [0.25, 0.3) is 0 Å². The maximum atomic E-state index is 5.99. The molecule has 1 nitrogen and oxygen atoms in total. The second-order valence-corrected chi connectivity index (χ2v) is 5.61. The van der Waals surface area contributed by atoms with E-state index in [0.717, 1.165) is 21.7 Å². The molecule has 0 saturated carbocycles. The minimum atomic E-state index is 0.456. The fraction of sp³-hybridized carbons (Fsp3) is 0.200. The van der Waals surface area contributed by atoms with Gasteiger partial charge in [0.2, 0.25) is 0 Å². The van der Waals surface area contributed by atoms with Crippen LogP contribution in [0.1, 0.15) is 18.4 Å². The number of nitrogens with one attached hydrogen (secondary N) is 1. The summed E-state index contributed by atoms with van der Waals surface area (Å²) >= 11 is 9.50. The number of halogens is 2. The van der Waals surface area contributed by atoms with Crippen LogP contribution in [0, 0.1) is 0 Å². The Kier molecular flexibility index (Phi) is 4.67. The van der Waals surface area contributed by atoms with Crippen molar-refractivity contribution in [2.45, 2.75) is 12.8 Å². The highest BCUT2D eigenvalue weighted by molar-refractivity contribution is 9.10. The molecule has 0 amide bonds. The van der Waals surface area contributed by atoms with Crippen molar-refractivity contribution in [2.75, 3.05) is 11.9 Å². The van der Waals surface area contributed by atoms with Crippen molar-refractivity contribution in [3.05, 3.63) is 63.6 Å². The molecule has 1 unspecified atom stereocenters. The molecule has 94 valence electrons. The van der Waals surface area contributed by atoms with Crippen LogP contribution in [-0.2, 0) is 0 Å². The Morgan fingerprint density at radius 2 is 1.89 bits per heavy atom. The Labute approximate surface area is 121 Å². The van der Waals surface area contributed by atoms with Crippen molar-refractivity contribution in [3.63, 3.8) is 0 Å². The van der Waals surface area contributed by atoms with Gasteiger partial charge >= 0.3 is 0 Å². The number of rotatable bonds is 4. The summed E-state index contributed by atoms with van der Waals surface area (Å²) < 4.78 is 1.03. The lowest BCUT2D eigenvalue weighted by Gasteiger charge is -2.15. The molecule has 2 rings (SSSR count). The highest BCUT2D eigenvalue weighted by Gasteiger charge is 2.06. The third-order valence-electron chi connectivity index (χ3n) is 2.90. The molecule has 2 aromatic carbocycles. The van der Waals surface area contributed by atoms with Gasteiger partial charge in [0.1, 0.15) is 0 Å². The van der Waals surface area contributed by atoms with Crippen LogP contribution in [0.5, 0.6) is 0 Å². The van der Waals surface area contributed by atoms with Crippen molar-refractivity contribution in [1.82, 2.24) is 0 Å². The number of benzene rings is 2. The summed E-state index contributed by atoms with van der Waals surface area (Å²) in [7, 11) is 0. The van der Waals surface area contributed by atoms with E-state index >= 15 is 0 Å². The molecule has 0 radical (unpaired) electrons. The zero-order chi connectivity index (χ0) is 13.0. The molecule has 18 heavy (non-hydrogen) atoms. The maximum Gasteiger partial charge on any atom is 0.0499 e. The molecule has 0 spiro atoms. The average Bonchev–Trinajstić information content (AvgIpc) is 2.40. The first-order valence-corrected chi connectivity index (χ1v) is 7.08. The summed E-state index contributed by atoms with van der Waals surface area (Å²) in [5.74, 6) is 0.456. The Bertz CT molecular complexity index is 513. The van der Waals surface area contributed by atoms with E-state index in [-0.39, 0.29) is 0 Å². The van der Waals surface area contributed by atoms with Crippen molar-refractivity contribution in [2.24, 2.45) is 0 Å². The molecule has 0 heterocycles. The fourth-order valence-electron chi connectivity index (χ4n) is 1.80. The molecule has 0 fully saturated rings. The highest BCUT2D eigenvalue weighted by Crippen LogP contribution is 2.26. The Morgan fingerprint density at radius 3 is 2.61 bits per heavy atom. The van der Waals surface area contributed by atoms with Crippen molar-refractivity contribution in [3.8, 4) is 0 Å². The third-order valence-corrected chi connectivity index (χ3v) is 3.82. The zero-order valence-corrected chi connectivity index (χ0v) is 12.5. The number of anilines is 1. The van der Waals surface area contributed by atoms with Gasteiger partial charge in [0, 0.05) is 21.7 Å². The summed E-state index contributed by atoms with van der Waals surface area (Å²) in [6, 6.07) is 16.2. The largest absolute Gasteiger partial charge is 0.383 e. The van der Waals surface area contributed by atoms with Gasteiger partial charge in [-0.2, -0.15) is 0 Å². The van der Waals surface area contributed by atoms with E-state index in [9.17, 15) is 0 Å². The Balaban J connectivity index is 2.01. The lowest BCUT2D eigenvalue weighted by Crippen LogP contribution is -2.10. The summed E-state index contributed by atoms with van der Waals surface area (Å²) in [6.07, 6.45) is 0. The SMILES string of the molecule is CC(CNc1cc(Cl)ccc1Br)c1ccccc1. The summed E-state index contributed by atoms with van der Waals surface area (Å²) in [4.78, 5) is 0. The fourth-order valence-corrected chi connectivity index (χ4v) is 2.35. The predicted octanol–water partition coefficient (Wildman–Crippen LogP) is 5.32.